The van der Waals surface area contributed by atoms with E-state index in [2.05, 4.69) is 241 Å². The smallest absolute Gasteiger partial charge is 0.129 e. The number of hydrogen-bond donors (Lipinski definition) is 0. The van der Waals surface area contributed by atoms with Crippen LogP contribution in [0, 0.1) is 0 Å². The van der Waals surface area contributed by atoms with Crippen molar-refractivity contribution in [3.63, 3.8) is 0 Å². The number of rotatable bonds is 6. The van der Waals surface area contributed by atoms with Crippen molar-refractivity contribution in [3.05, 3.63) is 180 Å². The van der Waals surface area contributed by atoms with E-state index in [9.17, 15) is 0 Å². The van der Waals surface area contributed by atoms with Gasteiger partial charge in [-0.3, -0.25) is 0 Å². The van der Waals surface area contributed by atoms with E-state index >= 15 is 0 Å². The summed E-state index contributed by atoms with van der Waals surface area (Å²) in [6, 6.07) is 55.4. The number of fused-ring (bicyclic) bond motifs is 4. The van der Waals surface area contributed by atoms with Crippen LogP contribution in [0.25, 0.3) is 49.4 Å². The summed E-state index contributed by atoms with van der Waals surface area (Å²) >= 11 is 0. The molecule has 9 aromatic rings. The predicted molar refractivity (Wildman–Crippen MR) is 273 cm³/mol. The van der Waals surface area contributed by atoms with E-state index < -0.39 is 0 Å². The Morgan fingerprint density at radius 1 is 0.492 bits per heavy atom. The van der Waals surface area contributed by atoms with Gasteiger partial charge in [-0.25, -0.2) is 4.52 Å². The topological polar surface area (TPSA) is 33.0 Å². The van der Waals surface area contributed by atoms with Crippen molar-refractivity contribution in [2.75, 3.05) is 16.5 Å². The quantitative estimate of drug-likeness (QED) is 0.156. The van der Waals surface area contributed by atoms with Crippen molar-refractivity contribution in [1.29, 1.82) is 0 Å². The molecule has 0 radical (unpaired) electrons. The molecule has 0 fully saturated rings. The number of ether oxygens (including phenoxy) is 1. The first-order valence-corrected chi connectivity index (χ1v) is 23.1. The lowest BCUT2D eigenvalue weighted by Crippen LogP contribution is -2.42. The third-order valence-corrected chi connectivity index (χ3v) is 14.9. The highest BCUT2D eigenvalue weighted by Gasteiger charge is 2.47. The van der Waals surface area contributed by atoms with Gasteiger partial charge in [0.05, 0.1) is 28.6 Å². The van der Waals surface area contributed by atoms with Gasteiger partial charge >= 0.3 is 0 Å². The molecule has 0 spiro atoms. The lowest BCUT2D eigenvalue weighted by molar-refractivity contribution is 0.304. The molecule has 3 heterocycles. The first kappa shape index (κ1) is 40.9. The highest BCUT2D eigenvalue weighted by atomic mass is 16.5. The SMILES string of the molecule is CC(C)(C)c1cc(Oc2ccc3c4cc(C(C)(C)C)cc5c4c4c(cnn4c3c2)C(C)(C)C5(C)C)cc(N2CN(c3cc(-c4ccccc4)cc(-c4ccccc4)c3)c3ccccc32)c1. The van der Waals surface area contributed by atoms with Gasteiger partial charge in [0.25, 0.3) is 0 Å². The number of nitrogens with zero attached hydrogens (tertiary/aromatic N) is 4. The zero-order valence-corrected chi connectivity index (χ0v) is 39.4. The standard InChI is InChI=1S/C60H58N4O/c1-57(2,3)42-30-45(63-37-62(52-23-17-18-24-53(52)63)44-28-40(38-19-13-11-14-20-38)27-41(29-44)39-21-15-12-16-22-39)34-47(31-42)65-46-25-26-48-49-32-43(58(4,5)6)33-50-55(49)56-51(60(9,10)59(50,7)8)36-61-64(56)54(48)35-46/h11-36H,37H2,1-10H3. The van der Waals surface area contributed by atoms with Gasteiger partial charge in [-0.1, -0.05) is 148 Å². The maximum atomic E-state index is 7.03. The molecule has 0 bridgehead atoms. The van der Waals surface area contributed by atoms with E-state index in [4.69, 9.17) is 9.84 Å². The molecule has 7 aromatic carbocycles. The second-order valence-corrected chi connectivity index (χ2v) is 21.5. The van der Waals surface area contributed by atoms with Crippen LogP contribution in [0.2, 0.25) is 0 Å². The van der Waals surface area contributed by atoms with Gasteiger partial charge in [0.15, 0.2) is 0 Å². The van der Waals surface area contributed by atoms with Crippen LogP contribution < -0.4 is 14.5 Å². The molecule has 0 atom stereocenters. The van der Waals surface area contributed by atoms with Crippen LogP contribution in [-0.2, 0) is 21.7 Å². The van der Waals surface area contributed by atoms with Gasteiger partial charge in [0.1, 0.15) is 18.2 Å². The van der Waals surface area contributed by atoms with E-state index in [0.717, 1.165) is 34.1 Å². The van der Waals surface area contributed by atoms with Crippen LogP contribution >= 0.6 is 0 Å². The van der Waals surface area contributed by atoms with Crippen LogP contribution in [-0.4, -0.2) is 16.3 Å². The summed E-state index contributed by atoms with van der Waals surface area (Å²) in [7, 11) is 0. The maximum Gasteiger partial charge on any atom is 0.129 e. The molecule has 0 N–H and O–H groups in total. The van der Waals surface area contributed by atoms with Crippen LogP contribution in [0.4, 0.5) is 22.7 Å². The Morgan fingerprint density at radius 2 is 1.05 bits per heavy atom. The van der Waals surface area contributed by atoms with Gasteiger partial charge < -0.3 is 14.5 Å². The second-order valence-electron chi connectivity index (χ2n) is 21.5. The van der Waals surface area contributed by atoms with Crippen molar-refractivity contribution in [1.82, 2.24) is 9.61 Å². The number of para-hydroxylation sites is 2. The summed E-state index contributed by atoms with van der Waals surface area (Å²) in [5, 5.41) is 8.93. The van der Waals surface area contributed by atoms with Gasteiger partial charge in [0.2, 0.25) is 0 Å². The lowest BCUT2D eigenvalue weighted by atomic mass is 9.57. The number of hydrogen-bond acceptors (Lipinski definition) is 4. The molecule has 1 aliphatic heterocycles. The monoisotopic (exact) mass is 850 g/mol. The summed E-state index contributed by atoms with van der Waals surface area (Å²) in [5.74, 6) is 1.59. The predicted octanol–water partition coefficient (Wildman–Crippen LogP) is 16.2. The molecule has 1 aliphatic carbocycles. The largest absolute Gasteiger partial charge is 0.457 e. The van der Waals surface area contributed by atoms with Gasteiger partial charge in [-0.2, -0.15) is 5.10 Å². The third-order valence-electron chi connectivity index (χ3n) is 14.9. The lowest BCUT2D eigenvalue weighted by Gasteiger charge is -2.46. The molecule has 65 heavy (non-hydrogen) atoms. The fourth-order valence-electron chi connectivity index (χ4n) is 10.3. The van der Waals surface area contributed by atoms with Crippen molar-refractivity contribution in [3.8, 4) is 33.8 Å². The van der Waals surface area contributed by atoms with Gasteiger partial charge in [-0.05, 0) is 121 Å². The Kier molecular flexibility index (Phi) is 9.01. The summed E-state index contributed by atoms with van der Waals surface area (Å²) in [4.78, 5) is 4.88. The molecule has 11 rings (SSSR count). The molecule has 5 nitrogen and oxygen atoms in total. The molecule has 0 unspecified atom stereocenters. The summed E-state index contributed by atoms with van der Waals surface area (Å²) in [6.45, 7) is 24.0. The Morgan fingerprint density at radius 3 is 1.65 bits per heavy atom. The molecular formula is C60H58N4O. The van der Waals surface area contributed by atoms with E-state index in [1.54, 1.807) is 0 Å². The molecular weight excluding hydrogens is 793 g/mol. The molecule has 0 saturated carbocycles. The van der Waals surface area contributed by atoms with Gasteiger partial charge in [-0.15, -0.1) is 0 Å². The summed E-state index contributed by atoms with van der Waals surface area (Å²) < 4.78 is 9.21. The van der Waals surface area contributed by atoms with E-state index in [1.807, 2.05) is 0 Å². The highest BCUT2D eigenvalue weighted by Crippen LogP contribution is 2.55. The fraction of sp³-hybridized carbons (Fsp3) is 0.250. The molecule has 324 valence electrons. The van der Waals surface area contributed by atoms with Crippen molar-refractivity contribution >= 4 is 49.9 Å². The van der Waals surface area contributed by atoms with Crippen molar-refractivity contribution < 1.29 is 4.74 Å². The van der Waals surface area contributed by atoms with Crippen LogP contribution in [0.3, 0.4) is 0 Å². The minimum absolute atomic E-state index is 0.00704. The fourth-order valence-corrected chi connectivity index (χ4v) is 10.3. The zero-order chi connectivity index (χ0) is 45.2. The van der Waals surface area contributed by atoms with Crippen molar-refractivity contribution in [2.45, 2.75) is 90.9 Å². The molecule has 0 amide bonds. The van der Waals surface area contributed by atoms with Crippen LogP contribution in [0.5, 0.6) is 11.5 Å². The first-order chi connectivity index (χ1) is 31.0. The Labute approximate surface area is 383 Å². The highest BCUT2D eigenvalue weighted by molar-refractivity contribution is 6.16. The molecule has 2 aliphatic rings. The Bertz CT molecular complexity index is 3290. The minimum atomic E-state index is -0.130. The average molecular weight is 851 g/mol. The normalized spacial score (nSPS) is 15.4. The van der Waals surface area contributed by atoms with E-state index in [1.165, 1.54) is 71.9 Å². The Balaban J connectivity index is 1.02. The van der Waals surface area contributed by atoms with E-state index in [-0.39, 0.29) is 21.7 Å². The van der Waals surface area contributed by atoms with Gasteiger partial charge in [0, 0.05) is 45.3 Å². The third kappa shape index (κ3) is 6.53. The molecule has 0 saturated heterocycles. The number of pyridine rings is 1. The number of anilines is 4. The summed E-state index contributed by atoms with van der Waals surface area (Å²) in [5.41, 5.74) is 16.5. The Hall–Kier alpha value is -6.85. The maximum absolute atomic E-state index is 7.03. The average Bonchev–Trinajstić information content (AvgIpc) is 3.92. The zero-order valence-electron chi connectivity index (χ0n) is 39.4. The second kappa shape index (κ2) is 14.3. The number of aromatic nitrogens is 2. The van der Waals surface area contributed by atoms with Crippen molar-refractivity contribution in [2.24, 2.45) is 0 Å². The van der Waals surface area contributed by atoms with Crippen LogP contribution in [0.15, 0.2) is 158 Å². The number of benzene rings is 7. The van der Waals surface area contributed by atoms with E-state index in [0.29, 0.717) is 6.67 Å². The summed E-state index contributed by atoms with van der Waals surface area (Å²) in [6.07, 6.45) is 2.11. The van der Waals surface area contributed by atoms with Crippen LogP contribution in [0.1, 0.15) is 91.5 Å². The minimum Gasteiger partial charge on any atom is -0.457 e. The molecule has 2 aromatic heterocycles. The molecule has 5 heteroatoms. The first-order valence-electron chi connectivity index (χ1n) is 23.1.